The van der Waals surface area contributed by atoms with E-state index < -0.39 is 5.25 Å². The third-order valence-electron chi connectivity index (χ3n) is 7.83. The molecule has 4 heterocycles. The van der Waals surface area contributed by atoms with Crippen LogP contribution in [0.2, 0.25) is 5.02 Å². The Hall–Kier alpha value is -3.14. The lowest BCUT2D eigenvalue weighted by Crippen LogP contribution is -2.54. The molecule has 4 aromatic rings. The fraction of sp³-hybridized carbons (Fsp3) is 0.379. The topological polar surface area (TPSA) is 95.9 Å². The number of amides is 1. The first kappa shape index (κ1) is 26.1. The molecule has 1 spiro atoms. The standard InChI is InChI=1S/C29H31ClN6O2S/c30-20-6-3-7-22(14-20)36-26(37)23-8-1-2-9-24(23)34-28(36)39-25(15-21-16-32-19-33-21)27(38)35-13-5-11-29(18-35)10-4-12-31-17-29/h1-3,6-9,14,16,19,25,31H,4-5,10-13,15,17-18H2,(H,32,33). The van der Waals surface area contributed by atoms with Gasteiger partial charge in [-0.1, -0.05) is 41.6 Å². The number of hydrogen-bond donors (Lipinski definition) is 2. The number of piperidine rings is 2. The summed E-state index contributed by atoms with van der Waals surface area (Å²) in [5.74, 6) is 0.0688. The predicted octanol–water partition coefficient (Wildman–Crippen LogP) is 4.46. The lowest BCUT2D eigenvalue weighted by atomic mass is 9.74. The number of nitrogens with one attached hydrogen (secondary N) is 2. The monoisotopic (exact) mass is 562 g/mol. The Balaban J connectivity index is 1.40. The van der Waals surface area contributed by atoms with Gasteiger partial charge in [0.15, 0.2) is 5.16 Å². The Morgan fingerprint density at radius 1 is 1.15 bits per heavy atom. The van der Waals surface area contributed by atoms with E-state index in [9.17, 15) is 9.59 Å². The van der Waals surface area contributed by atoms with Crippen molar-refractivity contribution in [1.82, 2.24) is 29.7 Å². The third kappa shape index (κ3) is 5.48. The van der Waals surface area contributed by atoms with Crippen LogP contribution in [0.4, 0.5) is 0 Å². The van der Waals surface area contributed by atoms with Gasteiger partial charge in [0.1, 0.15) is 0 Å². The zero-order valence-electron chi connectivity index (χ0n) is 21.6. The quantitative estimate of drug-likeness (QED) is 0.266. The van der Waals surface area contributed by atoms with Crippen LogP contribution in [-0.4, -0.2) is 61.8 Å². The van der Waals surface area contributed by atoms with E-state index in [0.717, 1.165) is 57.6 Å². The SMILES string of the molecule is O=C(C(Cc1cnc[nH]1)Sc1nc2ccccc2c(=O)n1-c1cccc(Cl)c1)N1CCCC2(CCCNC2)C1. The number of aromatic nitrogens is 4. The Bertz CT molecular complexity index is 1530. The fourth-order valence-corrected chi connectivity index (χ4v) is 7.31. The smallest absolute Gasteiger partial charge is 0.266 e. The maximum absolute atomic E-state index is 14.2. The van der Waals surface area contributed by atoms with Crippen LogP contribution in [0, 0.1) is 5.41 Å². The minimum absolute atomic E-state index is 0.0688. The highest BCUT2D eigenvalue weighted by Crippen LogP contribution is 2.37. The van der Waals surface area contributed by atoms with E-state index in [1.807, 2.05) is 35.2 Å². The van der Waals surface area contributed by atoms with E-state index in [1.54, 1.807) is 35.3 Å². The summed E-state index contributed by atoms with van der Waals surface area (Å²) in [6.07, 6.45) is 8.25. The molecule has 2 aliphatic heterocycles. The van der Waals surface area contributed by atoms with E-state index in [2.05, 4.69) is 15.3 Å². The zero-order chi connectivity index (χ0) is 26.8. The number of rotatable bonds is 6. The number of benzene rings is 2. The third-order valence-corrected chi connectivity index (χ3v) is 9.20. The zero-order valence-corrected chi connectivity index (χ0v) is 23.2. The summed E-state index contributed by atoms with van der Waals surface area (Å²) in [6.45, 7) is 3.50. The lowest BCUT2D eigenvalue weighted by Gasteiger charge is -2.46. The number of imidazole rings is 1. The molecule has 8 nitrogen and oxygen atoms in total. The van der Waals surface area contributed by atoms with Crippen molar-refractivity contribution in [3.63, 3.8) is 0 Å². The van der Waals surface area contributed by atoms with Gasteiger partial charge in [0.25, 0.3) is 5.56 Å². The van der Waals surface area contributed by atoms with Gasteiger partial charge in [-0.25, -0.2) is 9.97 Å². The largest absolute Gasteiger partial charge is 0.348 e. The first-order chi connectivity index (χ1) is 19.0. The number of thioether (sulfide) groups is 1. The van der Waals surface area contributed by atoms with Gasteiger partial charge in [0.05, 0.1) is 28.2 Å². The molecule has 2 N–H and O–H groups in total. The molecule has 1 amide bonds. The number of aromatic amines is 1. The Morgan fingerprint density at radius 3 is 2.82 bits per heavy atom. The molecule has 0 radical (unpaired) electrons. The molecule has 10 heteroatoms. The van der Waals surface area contributed by atoms with Crippen molar-refractivity contribution in [2.45, 2.75) is 42.5 Å². The molecular weight excluding hydrogens is 532 g/mol. The summed E-state index contributed by atoms with van der Waals surface area (Å²) < 4.78 is 1.58. The van der Waals surface area contributed by atoms with Crippen molar-refractivity contribution in [3.8, 4) is 5.69 Å². The van der Waals surface area contributed by atoms with Crippen LogP contribution in [0.15, 0.2) is 71.0 Å². The average Bonchev–Trinajstić information content (AvgIpc) is 3.46. The number of nitrogens with zero attached hydrogens (tertiary/aromatic N) is 4. The Kier molecular flexibility index (Phi) is 7.47. The number of carbonyl (C=O) groups excluding carboxylic acids is 1. The van der Waals surface area contributed by atoms with Crippen LogP contribution >= 0.6 is 23.4 Å². The first-order valence-electron chi connectivity index (χ1n) is 13.4. The minimum Gasteiger partial charge on any atom is -0.348 e. The van der Waals surface area contributed by atoms with Gasteiger partial charge in [-0.3, -0.25) is 14.2 Å². The van der Waals surface area contributed by atoms with Gasteiger partial charge in [0, 0.05) is 48.4 Å². The summed E-state index contributed by atoms with van der Waals surface area (Å²) in [6, 6.07) is 14.5. The number of hydrogen-bond acceptors (Lipinski definition) is 6. The van der Waals surface area contributed by atoms with Gasteiger partial charge in [0.2, 0.25) is 5.91 Å². The molecule has 2 unspecified atom stereocenters. The first-order valence-corrected chi connectivity index (χ1v) is 14.7. The molecule has 2 fully saturated rings. The number of halogens is 1. The number of para-hydroxylation sites is 1. The van der Waals surface area contributed by atoms with Crippen LogP contribution in [0.1, 0.15) is 31.4 Å². The van der Waals surface area contributed by atoms with Crippen LogP contribution in [-0.2, 0) is 11.2 Å². The number of carbonyl (C=O) groups is 1. The molecule has 2 saturated heterocycles. The van der Waals surface area contributed by atoms with Crippen molar-refractivity contribution >= 4 is 40.2 Å². The number of fused-ring (bicyclic) bond motifs is 1. The second kappa shape index (κ2) is 11.2. The van der Waals surface area contributed by atoms with Gasteiger partial charge < -0.3 is 15.2 Å². The average molecular weight is 563 g/mol. The van der Waals surface area contributed by atoms with Crippen LogP contribution < -0.4 is 10.9 Å². The summed E-state index contributed by atoms with van der Waals surface area (Å²) in [5.41, 5.74) is 2.03. The molecule has 2 aromatic heterocycles. The summed E-state index contributed by atoms with van der Waals surface area (Å²) >= 11 is 7.66. The molecule has 6 rings (SSSR count). The molecular formula is C29H31ClN6O2S. The number of likely N-dealkylation sites (tertiary alicyclic amines) is 1. The molecule has 0 aliphatic carbocycles. The highest BCUT2D eigenvalue weighted by molar-refractivity contribution is 8.00. The number of H-pyrrole nitrogens is 1. The highest BCUT2D eigenvalue weighted by Gasteiger charge is 2.40. The van der Waals surface area contributed by atoms with E-state index in [1.165, 1.54) is 11.8 Å². The maximum atomic E-state index is 14.2. The highest BCUT2D eigenvalue weighted by atomic mass is 35.5. The van der Waals surface area contributed by atoms with Crippen molar-refractivity contribution in [3.05, 3.63) is 82.1 Å². The van der Waals surface area contributed by atoms with E-state index in [0.29, 0.717) is 33.2 Å². The molecule has 0 saturated carbocycles. The summed E-state index contributed by atoms with van der Waals surface area (Å²) in [7, 11) is 0. The summed E-state index contributed by atoms with van der Waals surface area (Å²) in [5, 5.41) is 4.56. The predicted molar refractivity (Wildman–Crippen MR) is 155 cm³/mol. The van der Waals surface area contributed by atoms with E-state index in [-0.39, 0.29) is 16.9 Å². The van der Waals surface area contributed by atoms with E-state index in [4.69, 9.17) is 16.6 Å². The fourth-order valence-electron chi connectivity index (χ4n) is 5.92. The van der Waals surface area contributed by atoms with Crippen LogP contribution in [0.3, 0.4) is 0 Å². The van der Waals surface area contributed by atoms with Crippen molar-refractivity contribution < 1.29 is 4.79 Å². The van der Waals surface area contributed by atoms with Gasteiger partial charge >= 0.3 is 0 Å². The van der Waals surface area contributed by atoms with Crippen LogP contribution in [0.25, 0.3) is 16.6 Å². The molecule has 2 aromatic carbocycles. The molecule has 2 aliphatic rings. The van der Waals surface area contributed by atoms with Crippen molar-refractivity contribution in [2.75, 3.05) is 26.2 Å². The Labute approximate surface area is 236 Å². The molecule has 0 bridgehead atoms. The van der Waals surface area contributed by atoms with Gasteiger partial charge in [-0.05, 0) is 62.6 Å². The second-order valence-electron chi connectivity index (χ2n) is 10.6. The lowest BCUT2D eigenvalue weighted by molar-refractivity contribution is -0.134. The van der Waals surface area contributed by atoms with E-state index >= 15 is 0 Å². The van der Waals surface area contributed by atoms with Crippen LogP contribution in [0.5, 0.6) is 0 Å². The maximum Gasteiger partial charge on any atom is 0.266 e. The minimum atomic E-state index is -0.490. The van der Waals surface area contributed by atoms with Crippen molar-refractivity contribution in [2.24, 2.45) is 5.41 Å². The molecule has 39 heavy (non-hydrogen) atoms. The molecule has 2 atom stereocenters. The van der Waals surface area contributed by atoms with Gasteiger partial charge in [-0.2, -0.15) is 0 Å². The Morgan fingerprint density at radius 2 is 2.03 bits per heavy atom. The van der Waals surface area contributed by atoms with Crippen molar-refractivity contribution in [1.29, 1.82) is 0 Å². The van der Waals surface area contributed by atoms with Gasteiger partial charge in [-0.15, -0.1) is 0 Å². The second-order valence-corrected chi connectivity index (χ2v) is 12.2. The molecule has 202 valence electrons. The normalized spacial score (nSPS) is 20.4. The summed E-state index contributed by atoms with van der Waals surface area (Å²) in [4.78, 5) is 42.3.